The van der Waals surface area contributed by atoms with E-state index < -0.39 is 28.8 Å². The van der Waals surface area contributed by atoms with Crippen molar-refractivity contribution in [3.63, 3.8) is 0 Å². The van der Waals surface area contributed by atoms with Crippen LogP contribution in [-0.2, 0) is 24.0 Å². The topological polar surface area (TPSA) is 71.0 Å². The van der Waals surface area contributed by atoms with E-state index >= 15 is 0 Å². The lowest BCUT2D eigenvalue weighted by Gasteiger charge is -2.15. The molecule has 0 amide bonds. The number of rotatable bonds is 5. The van der Waals surface area contributed by atoms with E-state index in [2.05, 4.69) is 4.98 Å². The number of benzene rings is 2. The second kappa shape index (κ2) is 8.81. The number of hydrogen-bond acceptors (Lipinski definition) is 4. The second-order valence-corrected chi connectivity index (χ2v) is 8.39. The molecule has 0 saturated carbocycles. The summed E-state index contributed by atoms with van der Waals surface area (Å²) in [6, 6.07) is 9.93. The number of halogens is 4. The van der Waals surface area contributed by atoms with E-state index in [-0.39, 0.29) is 30.4 Å². The van der Waals surface area contributed by atoms with E-state index in [4.69, 9.17) is 4.74 Å². The minimum Gasteiger partial charge on any atom is -0.376 e. The van der Waals surface area contributed by atoms with E-state index in [1.54, 1.807) is 0 Å². The van der Waals surface area contributed by atoms with Gasteiger partial charge in [-0.3, -0.25) is 9.36 Å². The van der Waals surface area contributed by atoms with Crippen molar-refractivity contribution < 1.29 is 22.3 Å². The Morgan fingerprint density at radius 3 is 2.54 bits per heavy atom. The zero-order valence-electron chi connectivity index (χ0n) is 18.3. The van der Waals surface area contributed by atoms with Gasteiger partial charge in [0.05, 0.1) is 30.2 Å². The van der Waals surface area contributed by atoms with Crippen molar-refractivity contribution in [3.05, 3.63) is 92.6 Å². The van der Waals surface area contributed by atoms with Crippen LogP contribution < -0.4 is 11.2 Å². The fraction of sp³-hybridized carbons (Fsp3) is 0.292. The van der Waals surface area contributed by atoms with Gasteiger partial charge in [0.25, 0.3) is 5.56 Å². The van der Waals surface area contributed by atoms with E-state index in [0.29, 0.717) is 24.3 Å². The first kappa shape index (κ1) is 23.0. The maximum atomic E-state index is 13.5. The lowest BCUT2D eigenvalue weighted by Crippen LogP contribution is -2.42. The van der Waals surface area contributed by atoms with Crippen molar-refractivity contribution in [3.8, 4) is 5.69 Å². The molecule has 0 unspecified atom stereocenters. The fourth-order valence-electron chi connectivity index (χ4n) is 4.32. The van der Waals surface area contributed by atoms with Gasteiger partial charge in [-0.1, -0.05) is 12.1 Å². The molecular formula is C24H20F4N4O3. The van der Waals surface area contributed by atoms with E-state index in [0.717, 1.165) is 23.1 Å². The second-order valence-electron chi connectivity index (χ2n) is 8.39. The monoisotopic (exact) mass is 488 g/mol. The van der Waals surface area contributed by atoms with Crippen LogP contribution in [0.15, 0.2) is 64.4 Å². The molecule has 7 nitrogen and oxygen atoms in total. The summed E-state index contributed by atoms with van der Waals surface area (Å²) in [5.74, 6) is -0.499. The lowest BCUT2D eigenvalue weighted by molar-refractivity contribution is -0.137. The van der Waals surface area contributed by atoms with Crippen LogP contribution in [0.3, 0.4) is 0 Å². The highest BCUT2D eigenvalue weighted by Gasteiger charge is 2.30. The predicted octanol–water partition coefficient (Wildman–Crippen LogP) is 3.73. The number of aromatic nitrogens is 4. The SMILES string of the molecule is O=c1c2c(ncn2Cc2cccc(C(F)(F)F)c2)n(-c2ccc(F)cc2)c(=O)n1C[C@@H]1CCCO1. The van der Waals surface area contributed by atoms with Crippen LogP contribution in [0.1, 0.15) is 24.0 Å². The fourth-order valence-corrected chi connectivity index (χ4v) is 4.32. The molecule has 35 heavy (non-hydrogen) atoms. The Morgan fingerprint density at radius 1 is 1.09 bits per heavy atom. The third kappa shape index (κ3) is 4.39. The molecule has 0 spiro atoms. The molecule has 2 aromatic carbocycles. The normalized spacial score (nSPS) is 16.3. The van der Waals surface area contributed by atoms with Crippen LogP contribution >= 0.6 is 0 Å². The molecule has 0 aliphatic carbocycles. The number of hydrogen-bond donors (Lipinski definition) is 0. The maximum absolute atomic E-state index is 13.5. The third-order valence-electron chi connectivity index (χ3n) is 6.00. The van der Waals surface area contributed by atoms with Crippen molar-refractivity contribution >= 4 is 11.2 Å². The van der Waals surface area contributed by atoms with E-state index in [1.165, 1.54) is 51.9 Å². The predicted molar refractivity (Wildman–Crippen MR) is 119 cm³/mol. The Labute approximate surface area is 195 Å². The molecule has 4 aromatic rings. The molecule has 1 aliphatic rings. The summed E-state index contributed by atoms with van der Waals surface area (Å²) in [7, 11) is 0. The van der Waals surface area contributed by atoms with Gasteiger partial charge in [0.15, 0.2) is 11.2 Å². The first-order valence-corrected chi connectivity index (χ1v) is 11.0. The summed E-state index contributed by atoms with van der Waals surface area (Å²) < 4.78 is 62.3. The Balaban J connectivity index is 1.68. The van der Waals surface area contributed by atoms with Gasteiger partial charge in [-0.05, 0) is 54.8 Å². The van der Waals surface area contributed by atoms with Crippen LogP contribution in [0.2, 0.25) is 0 Å². The average molecular weight is 488 g/mol. The summed E-state index contributed by atoms with van der Waals surface area (Å²) >= 11 is 0. The third-order valence-corrected chi connectivity index (χ3v) is 6.00. The molecule has 2 aromatic heterocycles. The van der Waals surface area contributed by atoms with Crippen LogP contribution in [0.5, 0.6) is 0 Å². The molecule has 3 heterocycles. The molecule has 0 bridgehead atoms. The average Bonchev–Trinajstić information content (AvgIpc) is 3.48. The van der Waals surface area contributed by atoms with Gasteiger partial charge in [0, 0.05) is 13.2 Å². The zero-order chi connectivity index (χ0) is 24.7. The van der Waals surface area contributed by atoms with Crippen molar-refractivity contribution in [1.29, 1.82) is 0 Å². The van der Waals surface area contributed by atoms with Gasteiger partial charge in [-0.25, -0.2) is 18.7 Å². The van der Waals surface area contributed by atoms with Gasteiger partial charge in [-0.15, -0.1) is 0 Å². The van der Waals surface area contributed by atoms with Gasteiger partial charge >= 0.3 is 11.9 Å². The Morgan fingerprint density at radius 2 is 1.86 bits per heavy atom. The standard InChI is InChI=1S/C24H20F4N4O3/c25-17-6-8-18(9-7-17)32-21-20(22(33)31(23(32)34)13-19-5-2-10-35-19)30(14-29-21)12-15-3-1-4-16(11-15)24(26,27)28/h1,3-4,6-9,11,14,19H,2,5,10,12-13H2/t19-/m0/s1. The number of alkyl halides is 3. The molecule has 1 fully saturated rings. The molecular weight excluding hydrogens is 468 g/mol. The Hall–Kier alpha value is -3.73. The number of imidazole rings is 1. The van der Waals surface area contributed by atoms with Crippen molar-refractivity contribution in [2.75, 3.05) is 6.61 Å². The van der Waals surface area contributed by atoms with Crippen molar-refractivity contribution in [1.82, 2.24) is 18.7 Å². The Kier molecular flexibility index (Phi) is 5.79. The largest absolute Gasteiger partial charge is 0.416 e. The molecule has 1 saturated heterocycles. The van der Waals surface area contributed by atoms with Gasteiger partial charge in [-0.2, -0.15) is 13.2 Å². The van der Waals surface area contributed by atoms with Gasteiger partial charge in [0.1, 0.15) is 5.82 Å². The highest BCUT2D eigenvalue weighted by molar-refractivity contribution is 5.72. The Bertz CT molecular complexity index is 1500. The molecule has 0 N–H and O–H groups in total. The minimum atomic E-state index is -4.51. The quantitative estimate of drug-likeness (QED) is 0.402. The van der Waals surface area contributed by atoms with Crippen LogP contribution in [0.4, 0.5) is 17.6 Å². The summed E-state index contributed by atoms with van der Waals surface area (Å²) in [4.78, 5) is 31.1. The summed E-state index contributed by atoms with van der Waals surface area (Å²) in [5.41, 5.74) is -1.40. The van der Waals surface area contributed by atoms with Crippen LogP contribution in [0, 0.1) is 5.82 Å². The van der Waals surface area contributed by atoms with Crippen LogP contribution in [-0.4, -0.2) is 31.4 Å². The van der Waals surface area contributed by atoms with Gasteiger partial charge < -0.3 is 9.30 Å². The first-order chi connectivity index (χ1) is 16.7. The number of nitrogens with zero attached hydrogens (tertiary/aromatic N) is 4. The highest BCUT2D eigenvalue weighted by atomic mass is 19.4. The molecule has 1 atom stereocenters. The van der Waals surface area contributed by atoms with Crippen molar-refractivity contribution in [2.24, 2.45) is 0 Å². The summed E-state index contributed by atoms with van der Waals surface area (Å²) in [6.07, 6.45) is -2.03. The molecule has 0 radical (unpaired) electrons. The molecule has 182 valence electrons. The van der Waals surface area contributed by atoms with Crippen molar-refractivity contribution in [2.45, 2.75) is 38.2 Å². The maximum Gasteiger partial charge on any atom is 0.416 e. The van der Waals surface area contributed by atoms with Gasteiger partial charge in [0.2, 0.25) is 0 Å². The highest BCUT2D eigenvalue weighted by Crippen LogP contribution is 2.30. The number of ether oxygens (including phenoxy) is 1. The lowest BCUT2D eigenvalue weighted by atomic mass is 10.1. The smallest absolute Gasteiger partial charge is 0.376 e. The van der Waals surface area contributed by atoms with Crippen LogP contribution in [0.25, 0.3) is 16.9 Å². The molecule has 5 rings (SSSR count). The summed E-state index contributed by atoms with van der Waals surface area (Å²) in [5, 5.41) is 0. The molecule has 11 heteroatoms. The van der Waals surface area contributed by atoms with E-state index in [9.17, 15) is 27.2 Å². The first-order valence-electron chi connectivity index (χ1n) is 11.0. The zero-order valence-corrected chi connectivity index (χ0v) is 18.3. The number of fused-ring (bicyclic) bond motifs is 1. The van der Waals surface area contributed by atoms with E-state index in [1.807, 2.05) is 0 Å². The minimum absolute atomic E-state index is 0.0174. The molecule has 1 aliphatic heterocycles. The summed E-state index contributed by atoms with van der Waals surface area (Å²) in [6.45, 7) is 0.474.